The number of hydrogen-bond acceptors (Lipinski definition) is 3. The van der Waals surface area contributed by atoms with E-state index in [0.29, 0.717) is 0 Å². The average Bonchev–Trinajstić information content (AvgIpc) is 3.65. The van der Waals surface area contributed by atoms with E-state index in [0.717, 1.165) is 40.4 Å². The van der Waals surface area contributed by atoms with Gasteiger partial charge in [0, 0.05) is 49.0 Å². The van der Waals surface area contributed by atoms with Gasteiger partial charge in [0.1, 0.15) is 0 Å². The Morgan fingerprint density at radius 3 is 2.25 bits per heavy atom. The van der Waals surface area contributed by atoms with Crippen molar-refractivity contribution in [3.05, 3.63) is 151 Å². The zero-order valence-electron chi connectivity index (χ0n) is 23.9. The third kappa shape index (κ3) is 4.03. The molecule has 0 N–H and O–H groups in total. The highest BCUT2D eigenvalue weighted by molar-refractivity contribution is 7.26. The van der Waals surface area contributed by atoms with Crippen molar-refractivity contribution in [2.24, 2.45) is 0 Å². The Balaban J connectivity index is 1.22. The van der Waals surface area contributed by atoms with Crippen LogP contribution in [-0.2, 0) is 0 Å². The van der Waals surface area contributed by atoms with Crippen molar-refractivity contribution >= 4 is 53.3 Å². The van der Waals surface area contributed by atoms with Crippen LogP contribution in [-0.4, -0.2) is 14.5 Å². The lowest BCUT2D eigenvalue weighted by Gasteiger charge is -2.16. The topological polar surface area (TPSA) is 30.7 Å². The predicted octanol–water partition coefficient (Wildman–Crippen LogP) is 10.9. The maximum atomic E-state index is 5.11. The highest BCUT2D eigenvalue weighted by Crippen LogP contribution is 2.43. The van der Waals surface area contributed by atoms with Crippen LogP contribution in [0.25, 0.3) is 70.3 Å². The van der Waals surface area contributed by atoms with Crippen molar-refractivity contribution in [1.29, 1.82) is 0 Å². The largest absolute Gasteiger partial charge is 0.308 e. The van der Waals surface area contributed by atoms with E-state index in [1.807, 2.05) is 17.4 Å². The number of thiophene rings is 1. The summed E-state index contributed by atoms with van der Waals surface area (Å²) >= 11 is 1.88. The van der Waals surface area contributed by atoms with E-state index in [1.165, 1.54) is 42.0 Å². The standard InChI is InChI=1S/C40H27N3S/c1-3-11-26(12-4-1)34-25-35(27-13-5-2-6-14-27)42-40(41-34)28-19-21-29(22-20-28)43-36-17-9-7-15-30(36)32-23-24-33-31-16-8-10-18-37(31)44-39(33)38(32)43/h1-13,15-25,27H,14H2. The molecule has 3 nitrogen and oxygen atoms in total. The van der Waals surface area contributed by atoms with Gasteiger partial charge in [-0.25, -0.2) is 9.97 Å². The van der Waals surface area contributed by atoms with E-state index in [1.54, 1.807) is 0 Å². The number of nitrogens with zero attached hydrogens (tertiary/aromatic N) is 3. The minimum Gasteiger partial charge on any atom is -0.308 e. The monoisotopic (exact) mass is 581 g/mol. The number of rotatable bonds is 4. The second-order valence-corrected chi connectivity index (χ2v) is 12.4. The summed E-state index contributed by atoms with van der Waals surface area (Å²) in [4.78, 5) is 10.2. The summed E-state index contributed by atoms with van der Waals surface area (Å²) in [6.45, 7) is 0. The number of aromatic nitrogens is 3. The lowest BCUT2D eigenvalue weighted by molar-refractivity contribution is 0.811. The molecule has 0 saturated heterocycles. The van der Waals surface area contributed by atoms with Crippen LogP contribution in [0.15, 0.2) is 146 Å². The van der Waals surface area contributed by atoms with Crippen LogP contribution in [0.1, 0.15) is 18.0 Å². The highest BCUT2D eigenvalue weighted by atomic mass is 32.1. The predicted molar refractivity (Wildman–Crippen MR) is 186 cm³/mol. The molecular weight excluding hydrogens is 555 g/mol. The Hall–Kier alpha value is -5.32. The normalized spacial score (nSPS) is 14.8. The van der Waals surface area contributed by atoms with E-state index in [9.17, 15) is 0 Å². The van der Waals surface area contributed by atoms with Crippen molar-refractivity contribution in [3.63, 3.8) is 0 Å². The third-order valence-corrected chi connectivity index (χ3v) is 9.93. The number of fused-ring (bicyclic) bond motifs is 7. The third-order valence-electron chi connectivity index (χ3n) is 8.74. The Labute approximate surface area is 259 Å². The van der Waals surface area contributed by atoms with Gasteiger partial charge >= 0.3 is 0 Å². The van der Waals surface area contributed by atoms with Gasteiger partial charge < -0.3 is 4.57 Å². The fourth-order valence-electron chi connectivity index (χ4n) is 6.60. The summed E-state index contributed by atoms with van der Waals surface area (Å²) < 4.78 is 5.07. The molecule has 3 heterocycles. The Morgan fingerprint density at radius 2 is 1.41 bits per heavy atom. The van der Waals surface area contributed by atoms with Crippen molar-refractivity contribution in [1.82, 2.24) is 14.5 Å². The molecule has 0 spiro atoms. The molecule has 1 aliphatic carbocycles. The fourth-order valence-corrected chi connectivity index (χ4v) is 7.84. The van der Waals surface area contributed by atoms with Gasteiger partial charge in [0.15, 0.2) is 5.82 Å². The molecule has 1 atom stereocenters. The number of benzene rings is 5. The number of hydrogen-bond donors (Lipinski definition) is 0. The molecule has 0 radical (unpaired) electrons. The molecule has 4 heteroatoms. The zero-order chi connectivity index (χ0) is 29.0. The van der Waals surface area contributed by atoms with Crippen LogP contribution in [0.5, 0.6) is 0 Å². The quantitative estimate of drug-likeness (QED) is 0.207. The molecule has 44 heavy (non-hydrogen) atoms. The molecule has 1 aliphatic rings. The average molecular weight is 582 g/mol. The van der Waals surface area contributed by atoms with Gasteiger partial charge in [-0.2, -0.15) is 0 Å². The van der Waals surface area contributed by atoms with Gasteiger partial charge in [-0.3, -0.25) is 0 Å². The number of allylic oxidation sites excluding steroid dienone is 4. The second kappa shape index (κ2) is 10.1. The second-order valence-electron chi connectivity index (χ2n) is 11.4. The SMILES string of the molecule is C1=CCC(c2cc(-c3ccccc3)nc(-c3ccc(-n4c5ccccc5c5ccc6c7ccccc7sc6c54)cc3)n2)C=C1. The van der Waals surface area contributed by atoms with Crippen molar-refractivity contribution in [2.45, 2.75) is 12.3 Å². The van der Waals surface area contributed by atoms with Gasteiger partial charge in [0.2, 0.25) is 0 Å². The first-order chi connectivity index (χ1) is 21.8. The Morgan fingerprint density at radius 1 is 0.636 bits per heavy atom. The molecule has 0 fully saturated rings. The maximum absolute atomic E-state index is 5.11. The first kappa shape index (κ1) is 25.2. The van der Waals surface area contributed by atoms with Crippen molar-refractivity contribution < 1.29 is 0 Å². The molecule has 5 aromatic carbocycles. The molecule has 208 valence electrons. The van der Waals surface area contributed by atoms with E-state index >= 15 is 0 Å². The molecule has 9 rings (SSSR count). The molecular formula is C40H27N3S. The Kier molecular flexibility index (Phi) is 5.81. The van der Waals surface area contributed by atoms with Gasteiger partial charge in [0.05, 0.1) is 27.1 Å². The van der Waals surface area contributed by atoms with E-state index in [-0.39, 0.29) is 5.92 Å². The maximum Gasteiger partial charge on any atom is 0.160 e. The first-order valence-electron chi connectivity index (χ1n) is 15.0. The van der Waals surface area contributed by atoms with Crippen molar-refractivity contribution in [3.8, 4) is 28.3 Å². The van der Waals surface area contributed by atoms with Crippen LogP contribution in [0.3, 0.4) is 0 Å². The molecule has 0 bridgehead atoms. The highest BCUT2D eigenvalue weighted by Gasteiger charge is 2.19. The molecule has 0 aliphatic heterocycles. The minimum atomic E-state index is 0.241. The molecule has 0 amide bonds. The lowest BCUT2D eigenvalue weighted by atomic mass is 9.95. The summed E-state index contributed by atoms with van der Waals surface area (Å²) in [5.41, 5.74) is 7.71. The molecule has 3 aromatic heterocycles. The van der Waals surface area contributed by atoms with E-state index in [4.69, 9.17) is 9.97 Å². The van der Waals surface area contributed by atoms with Crippen LogP contribution in [0, 0.1) is 0 Å². The molecule has 0 saturated carbocycles. The first-order valence-corrected chi connectivity index (χ1v) is 15.9. The molecule has 1 unspecified atom stereocenters. The van der Waals surface area contributed by atoms with Crippen molar-refractivity contribution in [2.75, 3.05) is 0 Å². The minimum absolute atomic E-state index is 0.241. The summed E-state index contributed by atoms with van der Waals surface area (Å²) in [6.07, 6.45) is 9.62. The summed E-state index contributed by atoms with van der Waals surface area (Å²) in [6, 6.07) is 43.4. The lowest BCUT2D eigenvalue weighted by Crippen LogP contribution is -2.04. The van der Waals surface area contributed by atoms with E-state index < -0.39 is 0 Å². The van der Waals surface area contributed by atoms with E-state index in [2.05, 4.69) is 144 Å². The zero-order valence-corrected chi connectivity index (χ0v) is 24.7. The van der Waals surface area contributed by atoms with Crippen LogP contribution < -0.4 is 0 Å². The van der Waals surface area contributed by atoms with Gasteiger partial charge in [-0.05, 0) is 48.9 Å². The molecule has 8 aromatic rings. The fraction of sp³-hybridized carbons (Fsp3) is 0.0500. The smallest absolute Gasteiger partial charge is 0.160 e. The summed E-state index contributed by atoms with van der Waals surface area (Å²) in [5, 5.41) is 5.17. The van der Waals surface area contributed by atoms with Crippen LogP contribution in [0.2, 0.25) is 0 Å². The summed E-state index contributed by atoms with van der Waals surface area (Å²) in [5.74, 6) is 0.995. The van der Waals surface area contributed by atoms with Crippen LogP contribution >= 0.6 is 11.3 Å². The van der Waals surface area contributed by atoms with Crippen LogP contribution in [0.4, 0.5) is 0 Å². The summed E-state index contributed by atoms with van der Waals surface area (Å²) in [7, 11) is 0. The number of para-hydroxylation sites is 1. The van der Waals surface area contributed by atoms with Gasteiger partial charge in [-0.1, -0.05) is 103 Å². The van der Waals surface area contributed by atoms with Gasteiger partial charge in [0.25, 0.3) is 0 Å². The Bertz CT molecular complexity index is 2410. The van der Waals surface area contributed by atoms with Gasteiger partial charge in [-0.15, -0.1) is 11.3 Å².